The van der Waals surface area contributed by atoms with Gasteiger partial charge in [-0.05, 0) is 35.9 Å². The average molecular weight is 310 g/mol. The minimum atomic E-state index is 0.909. The van der Waals surface area contributed by atoms with Gasteiger partial charge in [0.1, 0.15) is 5.75 Å². The number of benzene rings is 1. The van der Waals surface area contributed by atoms with Crippen molar-refractivity contribution < 1.29 is 4.74 Å². The van der Waals surface area contributed by atoms with Crippen LogP contribution in [-0.4, -0.2) is 12.1 Å². The molecule has 17 heavy (non-hydrogen) atoms. The van der Waals surface area contributed by atoms with Crippen LogP contribution in [-0.2, 0) is 5.75 Å². The molecule has 0 aliphatic heterocycles. The van der Waals surface area contributed by atoms with Crippen molar-refractivity contribution in [3.63, 3.8) is 0 Å². The Labute approximate surface area is 114 Å². The highest BCUT2D eigenvalue weighted by Gasteiger charge is 2.04. The van der Waals surface area contributed by atoms with Crippen molar-refractivity contribution in [1.82, 2.24) is 4.98 Å². The molecule has 1 heterocycles. The molecule has 2 nitrogen and oxygen atoms in total. The quantitative estimate of drug-likeness (QED) is 0.792. The summed E-state index contributed by atoms with van der Waals surface area (Å²) >= 11 is 5.23. The molecule has 4 heteroatoms. The van der Waals surface area contributed by atoms with Crippen LogP contribution in [0.5, 0.6) is 5.75 Å². The highest BCUT2D eigenvalue weighted by molar-refractivity contribution is 9.10. The molecule has 0 unspecified atom stereocenters. The monoisotopic (exact) mass is 309 g/mol. The summed E-state index contributed by atoms with van der Waals surface area (Å²) in [4.78, 5) is 5.14. The Bertz CT molecular complexity index is 490. The molecule has 0 spiro atoms. The maximum absolute atomic E-state index is 5.33. The van der Waals surface area contributed by atoms with Crippen molar-refractivity contribution in [2.24, 2.45) is 0 Å². The van der Waals surface area contributed by atoms with Crippen LogP contribution in [0.3, 0.4) is 0 Å². The third kappa shape index (κ3) is 3.48. The first-order chi connectivity index (χ1) is 8.29. The number of rotatable bonds is 4. The van der Waals surface area contributed by atoms with E-state index >= 15 is 0 Å². The zero-order chi connectivity index (χ0) is 12.1. The third-order valence-electron chi connectivity index (χ3n) is 2.27. The lowest BCUT2D eigenvalue weighted by Crippen LogP contribution is -1.87. The number of pyridine rings is 1. The van der Waals surface area contributed by atoms with Gasteiger partial charge in [0.25, 0.3) is 0 Å². The number of halogens is 1. The second-order valence-corrected chi connectivity index (χ2v) is 5.37. The number of hydrogen-bond acceptors (Lipinski definition) is 3. The first-order valence-corrected chi connectivity index (χ1v) is 6.92. The molecule has 0 atom stereocenters. The van der Waals surface area contributed by atoms with Gasteiger partial charge < -0.3 is 4.74 Å². The van der Waals surface area contributed by atoms with Crippen LogP contribution in [0.25, 0.3) is 0 Å². The number of thioether (sulfide) groups is 1. The van der Waals surface area contributed by atoms with Crippen LogP contribution in [0.2, 0.25) is 0 Å². The Hall–Kier alpha value is -1.00. The Kier molecular flexibility index (Phi) is 4.45. The van der Waals surface area contributed by atoms with Crippen molar-refractivity contribution in [2.75, 3.05) is 7.11 Å². The summed E-state index contributed by atoms with van der Waals surface area (Å²) < 4.78 is 6.40. The molecule has 1 aromatic carbocycles. The van der Waals surface area contributed by atoms with E-state index < -0.39 is 0 Å². The third-order valence-corrected chi connectivity index (χ3v) is 3.87. The van der Waals surface area contributed by atoms with Crippen LogP contribution in [0.1, 0.15) is 5.56 Å². The SMILES string of the molecule is COc1ccc(Br)cc1SCc1ccncc1. The molecule has 88 valence electrons. The normalized spacial score (nSPS) is 10.2. The van der Waals surface area contributed by atoms with E-state index in [4.69, 9.17) is 4.74 Å². The minimum absolute atomic E-state index is 0.909. The average Bonchev–Trinajstić information content (AvgIpc) is 2.38. The predicted molar refractivity (Wildman–Crippen MR) is 74.5 cm³/mol. The number of nitrogens with zero attached hydrogens (tertiary/aromatic N) is 1. The topological polar surface area (TPSA) is 22.1 Å². The van der Waals surface area contributed by atoms with Gasteiger partial charge in [0.05, 0.1) is 12.0 Å². The van der Waals surface area contributed by atoms with Crippen molar-refractivity contribution in [1.29, 1.82) is 0 Å². The summed E-state index contributed by atoms with van der Waals surface area (Å²) in [6, 6.07) is 10.1. The molecule has 0 saturated heterocycles. The van der Waals surface area contributed by atoms with Gasteiger partial charge in [-0.25, -0.2) is 0 Å². The fourth-order valence-electron chi connectivity index (χ4n) is 1.40. The summed E-state index contributed by atoms with van der Waals surface area (Å²) in [5, 5.41) is 0. The molecule has 0 amide bonds. The lowest BCUT2D eigenvalue weighted by Gasteiger charge is -2.08. The predicted octanol–water partition coefficient (Wildman–Crippen LogP) is 4.15. The smallest absolute Gasteiger partial charge is 0.132 e. The standard InChI is InChI=1S/C13H12BrNOS/c1-16-12-3-2-11(14)8-13(12)17-9-10-4-6-15-7-5-10/h2-8H,9H2,1H3. The molecule has 1 aromatic heterocycles. The maximum atomic E-state index is 5.33. The Morgan fingerprint density at radius 3 is 2.71 bits per heavy atom. The van der Waals surface area contributed by atoms with Gasteiger partial charge in [0, 0.05) is 22.6 Å². The zero-order valence-electron chi connectivity index (χ0n) is 9.39. The maximum Gasteiger partial charge on any atom is 0.132 e. The molecule has 0 fully saturated rings. The fourth-order valence-corrected chi connectivity index (χ4v) is 2.93. The van der Waals surface area contributed by atoms with Gasteiger partial charge in [0.2, 0.25) is 0 Å². The Morgan fingerprint density at radius 1 is 1.24 bits per heavy atom. The van der Waals surface area contributed by atoms with E-state index in [1.807, 2.05) is 36.7 Å². The van der Waals surface area contributed by atoms with Gasteiger partial charge in [-0.2, -0.15) is 0 Å². The van der Waals surface area contributed by atoms with Crippen molar-refractivity contribution in [3.8, 4) is 5.75 Å². The first kappa shape index (κ1) is 12.5. The van der Waals surface area contributed by atoms with Crippen LogP contribution in [0, 0.1) is 0 Å². The fraction of sp³-hybridized carbons (Fsp3) is 0.154. The van der Waals surface area contributed by atoms with E-state index in [0.717, 1.165) is 20.9 Å². The van der Waals surface area contributed by atoms with Crippen LogP contribution < -0.4 is 4.74 Å². The molecule has 0 aliphatic rings. The molecule has 2 rings (SSSR count). The first-order valence-electron chi connectivity index (χ1n) is 5.15. The number of ether oxygens (including phenoxy) is 1. The van der Waals surface area contributed by atoms with Gasteiger partial charge in [-0.15, -0.1) is 11.8 Å². The van der Waals surface area contributed by atoms with Crippen LogP contribution in [0.4, 0.5) is 0 Å². The van der Waals surface area contributed by atoms with Gasteiger partial charge in [0.15, 0.2) is 0 Å². The second kappa shape index (κ2) is 6.07. The van der Waals surface area contributed by atoms with Crippen LogP contribution in [0.15, 0.2) is 52.1 Å². The molecular weight excluding hydrogens is 298 g/mol. The summed E-state index contributed by atoms with van der Waals surface area (Å²) in [5.41, 5.74) is 1.26. The summed E-state index contributed by atoms with van der Waals surface area (Å²) in [7, 11) is 1.69. The molecule has 0 aliphatic carbocycles. The highest BCUT2D eigenvalue weighted by atomic mass is 79.9. The number of methoxy groups -OCH3 is 1. The van der Waals surface area contributed by atoms with E-state index in [-0.39, 0.29) is 0 Å². The second-order valence-electron chi connectivity index (χ2n) is 3.44. The molecule has 0 bridgehead atoms. The van der Waals surface area contributed by atoms with Crippen molar-refractivity contribution in [3.05, 3.63) is 52.8 Å². The molecular formula is C13H12BrNOS. The zero-order valence-corrected chi connectivity index (χ0v) is 11.8. The largest absolute Gasteiger partial charge is 0.496 e. The van der Waals surface area contributed by atoms with E-state index in [1.165, 1.54) is 5.56 Å². The van der Waals surface area contributed by atoms with Gasteiger partial charge in [-0.1, -0.05) is 15.9 Å². The van der Waals surface area contributed by atoms with E-state index in [0.29, 0.717) is 0 Å². The summed E-state index contributed by atoms with van der Waals surface area (Å²) in [5.74, 6) is 1.82. The Morgan fingerprint density at radius 2 is 2.00 bits per heavy atom. The van der Waals surface area contributed by atoms with Gasteiger partial charge >= 0.3 is 0 Å². The van der Waals surface area contributed by atoms with E-state index in [1.54, 1.807) is 18.9 Å². The molecule has 2 aromatic rings. The lowest BCUT2D eigenvalue weighted by atomic mass is 10.3. The van der Waals surface area contributed by atoms with Crippen LogP contribution >= 0.6 is 27.7 Å². The van der Waals surface area contributed by atoms with E-state index in [2.05, 4.69) is 27.0 Å². The highest BCUT2D eigenvalue weighted by Crippen LogP contribution is 2.33. The molecule has 0 N–H and O–H groups in total. The molecule has 0 radical (unpaired) electrons. The van der Waals surface area contributed by atoms with Gasteiger partial charge in [-0.3, -0.25) is 4.98 Å². The molecule has 0 saturated carbocycles. The summed E-state index contributed by atoms with van der Waals surface area (Å²) in [6.07, 6.45) is 3.63. The van der Waals surface area contributed by atoms with Crippen molar-refractivity contribution in [2.45, 2.75) is 10.6 Å². The lowest BCUT2D eigenvalue weighted by molar-refractivity contribution is 0.404. The Balaban J connectivity index is 2.11. The summed E-state index contributed by atoms with van der Waals surface area (Å²) in [6.45, 7) is 0. The van der Waals surface area contributed by atoms with Crippen molar-refractivity contribution >= 4 is 27.7 Å². The number of hydrogen-bond donors (Lipinski definition) is 0. The van der Waals surface area contributed by atoms with E-state index in [9.17, 15) is 0 Å². The minimum Gasteiger partial charge on any atom is -0.496 e. The number of aromatic nitrogens is 1.